The number of methoxy groups -OCH3 is 2. The molecule has 1 atom stereocenters. The van der Waals surface area contributed by atoms with E-state index in [1.807, 2.05) is 13.0 Å². The molecule has 0 unspecified atom stereocenters. The van der Waals surface area contributed by atoms with Crippen molar-refractivity contribution in [1.29, 1.82) is 0 Å². The number of hydrogen-bond donors (Lipinski definition) is 1. The first-order valence-corrected chi connectivity index (χ1v) is 9.29. The maximum Gasteiger partial charge on any atom is 0.344 e. The summed E-state index contributed by atoms with van der Waals surface area (Å²) >= 11 is 6.02. The van der Waals surface area contributed by atoms with Crippen molar-refractivity contribution in [2.75, 3.05) is 20.8 Å². The highest BCUT2D eigenvalue weighted by molar-refractivity contribution is 6.32. The summed E-state index contributed by atoms with van der Waals surface area (Å²) in [5, 5.41) is 3.10. The van der Waals surface area contributed by atoms with E-state index in [4.69, 9.17) is 30.5 Å². The number of ether oxygens (including phenoxy) is 4. The van der Waals surface area contributed by atoms with Crippen LogP contribution in [0.4, 0.5) is 0 Å². The van der Waals surface area contributed by atoms with Crippen LogP contribution in [0.5, 0.6) is 17.2 Å². The van der Waals surface area contributed by atoms with Gasteiger partial charge in [-0.25, -0.2) is 4.79 Å². The predicted octanol–water partition coefficient (Wildman–Crippen LogP) is 3.29. The van der Waals surface area contributed by atoms with Crippen molar-refractivity contribution in [3.05, 3.63) is 52.5 Å². The number of hydrogen-bond acceptors (Lipinski definition) is 6. The van der Waals surface area contributed by atoms with Gasteiger partial charge in [0.15, 0.2) is 24.2 Å². The van der Waals surface area contributed by atoms with Gasteiger partial charge in [-0.2, -0.15) is 0 Å². The molecule has 1 amide bonds. The maximum absolute atomic E-state index is 12.2. The van der Waals surface area contributed by atoms with Crippen LogP contribution in [0.1, 0.15) is 18.1 Å². The van der Waals surface area contributed by atoms with Crippen molar-refractivity contribution in [2.45, 2.75) is 26.5 Å². The standard InChI is InChI=1S/C21H24ClNO6/c1-13-5-7-16(22)18(9-13)28-12-20(24)29-14(2)21(25)23-11-15-6-8-17(26-3)19(10-15)27-4/h5-10,14H,11-12H2,1-4H3,(H,23,25)/t14-/m1/s1. The largest absolute Gasteiger partial charge is 0.493 e. The lowest BCUT2D eigenvalue weighted by Gasteiger charge is -2.15. The Bertz CT molecular complexity index is 870. The average Bonchev–Trinajstić information content (AvgIpc) is 2.72. The molecule has 0 aromatic heterocycles. The smallest absolute Gasteiger partial charge is 0.344 e. The SMILES string of the molecule is COc1ccc(CNC(=O)[C@@H](C)OC(=O)COc2cc(C)ccc2Cl)cc1OC. The molecule has 29 heavy (non-hydrogen) atoms. The highest BCUT2D eigenvalue weighted by atomic mass is 35.5. The van der Waals surface area contributed by atoms with E-state index >= 15 is 0 Å². The minimum atomic E-state index is -0.973. The molecule has 0 saturated carbocycles. The summed E-state index contributed by atoms with van der Waals surface area (Å²) in [5.74, 6) is 0.441. The topological polar surface area (TPSA) is 83.1 Å². The van der Waals surface area contributed by atoms with Gasteiger partial charge in [0.05, 0.1) is 19.2 Å². The number of amides is 1. The molecule has 0 spiro atoms. The second kappa shape index (κ2) is 10.6. The van der Waals surface area contributed by atoms with Gasteiger partial charge in [0.2, 0.25) is 0 Å². The fraction of sp³-hybridized carbons (Fsp3) is 0.333. The lowest BCUT2D eigenvalue weighted by molar-refractivity contribution is -0.156. The lowest BCUT2D eigenvalue weighted by Crippen LogP contribution is -2.36. The van der Waals surface area contributed by atoms with Crippen LogP contribution in [0.15, 0.2) is 36.4 Å². The second-order valence-electron chi connectivity index (χ2n) is 6.26. The van der Waals surface area contributed by atoms with Gasteiger partial charge in [-0.15, -0.1) is 0 Å². The number of benzene rings is 2. The summed E-state index contributed by atoms with van der Waals surface area (Å²) in [6.07, 6.45) is -0.973. The Labute approximate surface area is 174 Å². The van der Waals surface area contributed by atoms with E-state index in [-0.39, 0.29) is 13.2 Å². The average molecular weight is 422 g/mol. The minimum absolute atomic E-state index is 0.247. The van der Waals surface area contributed by atoms with E-state index in [0.29, 0.717) is 22.3 Å². The summed E-state index contributed by atoms with van der Waals surface area (Å²) in [6.45, 7) is 3.26. The lowest BCUT2D eigenvalue weighted by atomic mass is 10.2. The predicted molar refractivity (Wildman–Crippen MR) is 109 cm³/mol. The summed E-state index contributed by atoms with van der Waals surface area (Å²) in [5.41, 5.74) is 1.76. The van der Waals surface area contributed by atoms with E-state index < -0.39 is 18.0 Å². The molecule has 0 saturated heterocycles. The van der Waals surface area contributed by atoms with Crippen LogP contribution in [0.25, 0.3) is 0 Å². The number of halogens is 1. The fourth-order valence-electron chi connectivity index (χ4n) is 2.47. The quantitative estimate of drug-likeness (QED) is 0.625. The number of carbonyl (C=O) groups is 2. The van der Waals surface area contributed by atoms with E-state index in [9.17, 15) is 9.59 Å². The van der Waals surface area contributed by atoms with Gasteiger partial charge in [0, 0.05) is 6.54 Å². The number of carbonyl (C=O) groups excluding carboxylic acids is 2. The van der Waals surface area contributed by atoms with Crippen molar-refractivity contribution in [3.63, 3.8) is 0 Å². The Morgan fingerprint density at radius 1 is 1.03 bits per heavy atom. The summed E-state index contributed by atoms with van der Waals surface area (Å²) in [7, 11) is 3.08. The molecule has 0 radical (unpaired) electrons. The van der Waals surface area contributed by atoms with Crippen molar-refractivity contribution >= 4 is 23.5 Å². The van der Waals surface area contributed by atoms with Crippen molar-refractivity contribution < 1.29 is 28.5 Å². The van der Waals surface area contributed by atoms with Gasteiger partial charge in [-0.3, -0.25) is 4.79 Å². The van der Waals surface area contributed by atoms with Crippen LogP contribution in [0.3, 0.4) is 0 Å². The van der Waals surface area contributed by atoms with Crippen molar-refractivity contribution in [1.82, 2.24) is 5.32 Å². The van der Waals surface area contributed by atoms with Gasteiger partial charge in [-0.1, -0.05) is 23.7 Å². The summed E-state index contributed by atoms with van der Waals surface area (Å²) in [4.78, 5) is 24.2. The molecule has 2 aromatic carbocycles. The normalized spacial score (nSPS) is 11.3. The van der Waals surface area contributed by atoms with Gasteiger partial charge < -0.3 is 24.3 Å². The molecule has 7 nitrogen and oxygen atoms in total. The van der Waals surface area contributed by atoms with Gasteiger partial charge in [0.1, 0.15) is 5.75 Å². The second-order valence-corrected chi connectivity index (χ2v) is 6.67. The summed E-state index contributed by atoms with van der Waals surface area (Å²) in [6, 6.07) is 10.5. The van der Waals surface area contributed by atoms with Gasteiger partial charge in [0.25, 0.3) is 5.91 Å². The van der Waals surface area contributed by atoms with Crippen LogP contribution in [0.2, 0.25) is 5.02 Å². The molecule has 8 heteroatoms. The molecule has 0 heterocycles. The highest BCUT2D eigenvalue weighted by Crippen LogP contribution is 2.27. The summed E-state index contributed by atoms with van der Waals surface area (Å²) < 4.78 is 20.9. The molecule has 0 aliphatic heterocycles. The molecule has 2 aromatic rings. The fourth-order valence-corrected chi connectivity index (χ4v) is 2.64. The van der Waals surface area contributed by atoms with Crippen LogP contribution in [-0.2, 0) is 20.9 Å². The molecular formula is C21H24ClNO6. The van der Waals surface area contributed by atoms with Gasteiger partial charge >= 0.3 is 5.97 Å². The number of rotatable bonds is 9. The molecular weight excluding hydrogens is 398 g/mol. The van der Waals surface area contributed by atoms with Crippen LogP contribution in [-0.4, -0.2) is 38.8 Å². The molecule has 1 N–H and O–H groups in total. The highest BCUT2D eigenvalue weighted by Gasteiger charge is 2.18. The molecule has 0 aliphatic rings. The molecule has 0 bridgehead atoms. The van der Waals surface area contributed by atoms with Crippen LogP contribution < -0.4 is 19.5 Å². The van der Waals surface area contributed by atoms with Crippen molar-refractivity contribution in [2.24, 2.45) is 0 Å². The van der Waals surface area contributed by atoms with E-state index in [1.165, 1.54) is 14.0 Å². The first-order valence-electron chi connectivity index (χ1n) is 8.91. The molecule has 0 aliphatic carbocycles. The van der Waals surface area contributed by atoms with Crippen LogP contribution in [0, 0.1) is 6.92 Å². The third kappa shape index (κ3) is 6.57. The third-order valence-corrected chi connectivity index (χ3v) is 4.34. The number of esters is 1. The Balaban J connectivity index is 1.82. The first kappa shape index (κ1) is 22.4. The van der Waals surface area contributed by atoms with E-state index in [2.05, 4.69) is 5.32 Å². The first-order chi connectivity index (χ1) is 13.8. The Kier molecular flexibility index (Phi) is 8.15. The molecule has 156 valence electrons. The maximum atomic E-state index is 12.2. The third-order valence-electron chi connectivity index (χ3n) is 4.02. The number of nitrogens with one attached hydrogen (secondary N) is 1. The zero-order valence-electron chi connectivity index (χ0n) is 16.8. The Hall–Kier alpha value is -2.93. The number of aryl methyl sites for hydroxylation is 1. The molecule has 0 fully saturated rings. The minimum Gasteiger partial charge on any atom is -0.493 e. The van der Waals surface area contributed by atoms with E-state index in [0.717, 1.165) is 11.1 Å². The van der Waals surface area contributed by atoms with Crippen molar-refractivity contribution in [3.8, 4) is 17.2 Å². The zero-order valence-corrected chi connectivity index (χ0v) is 17.5. The zero-order chi connectivity index (χ0) is 21.4. The Morgan fingerprint density at radius 2 is 1.76 bits per heavy atom. The van der Waals surface area contributed by atoms with Crippen LogP contribution >= 0.6 is 11.6 Å². The monoisotopic (exact) mass is 421 g/mol. The van der Waals surface area contributed by atoms with E-state index in [1.54, 1.807) is 37.4 Å². The Morgan fingerprint density at radius 3 is 2.45 bits per heavy atom. The van der Waals surface area contributed by atoms with Gasteiger partial charge in [-0.05, 0) is 49.2 Å². The molecule has 2 rings (SSSR count).